The summed E-state index contributed by atoms with van der Waals surface area (Å²) in [5, 5.41) is 12.5. The molecule has 1 fully saturated rings. The molecule has 0 unspecified atom stereocenters. The highest BCUT2D eigenvalue weighted by Crippen LogP contribution is 2.26. The normalized spacial score (nSPS) is 15.6. The minimum atomic E-state index is -0.108. The fraction of sp³-hybridized carbons (Fsp3) is 0.632. The number of hydrogen-bond donors (Lipinski definition) is 2. The van der Waals surface area contributed by atoms with Crippen LogP contribution < -0.4 is 5.32 Å². The zero-order chi connectivity index (χ0) is 17.5. The molecule has 0 radical (unpaired) electrons. The van der Waals surface area contributed by atoms with Crippen LogP contribution in [0.3, 0.4) is 0 Å². The summed E-state index contributed by atoms with van der Waals surface area (Å²) in [7, 11) is 0. The summed E-state index contributed by atoms with van der Waals surface area (Å²) in [4.78, 5) is 10.9. The second-order valence-electron chi connectivity index (χ2n) is 7.05. The van der Waals surface area contributed by atoms with Crippen LogP contribution >= 0.6 is 11.6 Å². The van der Waals surface area contributed by atoms with Gasteiger partial charge in [0, 0.05) is 23.9 Å². The van der Waals surface area contributed by atoms with Crippen molar-refractivity contribution in [2.45, 2.75) is 71.3 Å². The molecule has 1 amide bonds. The van der Waals surface area contributed by atoms with Gasteiger partial charge in [-0.2, -0.15) is 0 Å². The summed E-state index contributed by atoms with van der Waals surface area (Å²) < 4.78 is 0. The first kappa shape index (κ1) is 20.0. The molecule has 130 valence electrons. The second-order valence-corrected chi connectivity index (χ2v) is 7.46. The molecule has 0 bridgehead atoms. The maximum Gasteiger partial charge on any atom is 0.216 e. The predicted octanol–water partition coefficient (Wildman–Crippen LogP) is 4.37. The number of benzene rings is 1. The number of nitrogens with one attached hydrogen (secondary N) is 1. The van der Waals surface area contributed by atoms with Crippen LogP contribution in [0.5, 0.6) is 0 Å². The molecule has 1 aromatic carbocycles. The van der Waals surface area contributed by atoms with E-state index < -0.39 is 0 Å². The smallest absolute Gasteiger partial charge is 0.216 e. The molecule has 1 saturated carbocycles. The van der Waals surface area contributed by atoms with Gasteiger partial charge in [-0.15, -0.1) is 0 Å². The lowest BCUT2D eigenvalue weighted by Crippen LogP contribution is -2.35. The molecule has 0 heterocycles. The number of halogens is 1. The Kier molecular flexibility index (Phi) is 8.07. The van der Waals surface area contributed by atoms with E-state index in [9.17, 15) is 4.79 Å². The van der Waals surface area contributed by atoms with Crippen molar-refractivity contribution in [3.8, 4) is 0 Å². The highest BCUT2D eigenvalue weighted by atomic mass is 35.5. The van der Waals surface area contributed by atoms with Crippen molar-refractivity contribution in [2.24, 2.45) is 0 Å². The lowest BCUT2D eigenvalue weighted by molar-refractivity contribution is -0.119. The molecule has 0 aromatic heterocycles. The Morgan fingerprint density at radius 2 is 1.91 bits per heavy atom. The van der Waals surface area contributed by atoms with Gasteiger partial charge >= 0.3 is 0 Å². The average molecular weight is 340 g/mol. The van der Waals surface area contributed by atoms with Crippen molar-refractivity contribution in [3.63, 3.8) is 0 Å². The number of carbonyl (C=O) groups excluding carboxylic acids is 1. The standard InChI is InChI=1S/C13H18ClNO.C6H12O/c1-9-5-6-11(7-12(9)14)13(3,4)8-15-10(2)16;7-6-4-2-1-3-5-6/h5-7H,8H2,1-4H3,(H,15,16);6-7H,1-5H2. The SMILES string of the molecule is CC(=O)NCC(C)(C)c1ccc(C)c(Cl)c1.OC1CCCCC1. The van der Waals surface area contributed by atoms with Crippen LogP contribution in [0.1, 0.15) is 64.0 Å². The fourth-order valence-electron chi connectivity index (χ4n) is 2.54. The number of rotatable bonds is 3. The van der Waals surface area contributed by atoms with Crippen LogP contribution in [-0.4, -0.2) is 23.7 Å². The van der Waals surface area contributed by atoms with Gasteiger partial charge in [0.25, 0.3) is 0 Å². The number of amides is 1. The first-order valence-corrected chi connectivity index (χ1v) is 8.79. The van der Waals surface area contributed by atoms with Crippen molar-refractivity contribution in [1.82, 2.24) is 5.32 Å². The van der Waals surface area contributed by atoms with Crippen LogP contribution in [0.4, 0.5) is 0 Å². The summed E-state index contributed by atoms with van der Waals surface area (Å²) in [6, 6.07) is 6.04. The summed E-state index contributed by atoms with van der Waals surface area (Å²) in [6.07, 6.45) is 5.92. The van der Waals surface area contributed by atoms with Crippen molar-refractivity contribution >= 4 is 17.5 Å². The molecule has 0 aliphatic heterocycles. The third-order valence-electron chi connectivity index (χ3n) is 4.31. The molecule has 1 aliphatic rings. The summed E-state index contributed by atoms with van der Waals surface area (Å²) in [5.74, 6) is -0.00807. The van der Waals surface area contributed by atoms with E-state index in [0.717, 1.165) is 29.0 Å². The van der Waals surface area contributed by atoms with Gasteiger partial charge in [0.2, 0.25) is 5.91 Å². The lowest BCUT2D eigenvalue weighted by atomic mass is 9.84. The van der Waals surface area contributed by atoms with E-state index in [4.69, 9.17) is 16.7 Å². The van der Waals surface area contributed by atoms with E-state index in [2.05, 4.69) is 25.2 Å². The highest BCUT2D eigenvalue weighted by Gasteiger charge is 2.21. The molecule has 2 N–H and O–H groups in total. The molecular formula is C19H30ClNO2. The topological polar surface area (TPSA) is 49.3 Å². The van der Waals surface area contributed by atoms with Crippen LogP contribution in [-0.2, 0) is 10.2 Å². The van der Waals surface area contributed by atoms with Crippen molar-refractivity contribution in [1.29, 1.82) is 0 Å². The van der Waals surface area contributed by atoms with Crippen LogP contribution in [0, 0.1) is 6.92 Å². The largest absolute Gasteiger partial charge is 0.393 e. The maximum atomic E-state index is 10.9. The van der Waals surface area contributed by atoms with Gasteiger partial charge in [-0.05, 0) is 37.0 Å². The Morgan fingerprint density at radius 3 is 2.35 bits per heavy atom. The Bertz CT molecular complexity index is 508. The van der Waals surface area contributed by atoms with Crippen molar-refractivity contribution < 1.29 is 9.90 Å². The van der Waals surface area contributed by atoms with E-state index in [1.165, 1.54) is 26.2 Å². The quantitative estimate of drug-likeness (QED) is 0.858. The Labute approximate surface area is 145 Å². The van der Waals surface area contributed by atoms with Gasteiger partial charge in [0.05, 0.1) is 6.10 Å². The first-order chi connectivity index (χ1) is 10.7. The van der Waals surface area contributed by atoms with E-state index in [1.807, 2.05) is 19.1 Å². The Morgan fingerprint density at radius 1 is 1.30 bits per heavy atom. The summed E-state index contributed by atoms with van der Waals surface area (Å²) >= 11 is 6.10. The van der Waals surface area contributed by atoms with E-state index >= 15 is 0 Å². The van der Waals surface area contributed by atoms with Gasteiger partial charge in [0.1, 0.15) is 0 Å². The summed E-state index contributed by atoms with van der Waals surface area (Å²) in [5.41, 5.74) is 2.10. The molecule has 0 atom stereocenters. The molecule has 2 rings (SSSR count). The minimum Gasteiger partial charge on any atom is -0.393 e. The van der Waals surface area contributed by atoms with E-state index in [1.54, 1.807) is 0 Å². The second kappa shape index (κ2) is 9.29. The molecule has 1 aliphatic carbocycles. The first-order valence-electron chi connectivity index (χ1n) is 8.41. The Hall–Kier alpha value is -1.06. The van der Waals surface area contributed by atoms with E-state index in [-0.39, 0.29) is 17.4 Å². The molecule has 23 heavy (non-hydrogen) atoms. The fourth-order valence-corrected chi connectivity index (χ4v) is 2.72. The van der Waals surface area contributed by atoms with Gasteiger partial charge in [-0.25, -0.2) is 0 Å². The summed E-state index contributed by atoms with van der Waals surface area (Å²) in [6.45, 7) is 8.29. The van der Waals surface area contributed by atoms with E-state index in [0.29, 0.717) is 6.54 Å². The van der Waals surface area contributed by atoms with Gasteiger partial charge in [-0.1, -0.05) is 56.8 Å². The van der Waals surface area contributed by atoms with Crippen LogP contribution in [0.2, 0.25) is 5.02 Å². The monoisotopic (exact) mass is 339 g/mol. The maximum absolute atomic E-state index is 10.9. The van der Waals surface area contributed by atoms with Gasteiger partial charge in [0.15, 0.2) is 0 Å². The zero-order valence-corrected chi connectivity index (χ0v) is 15.5. The lowest BCUT2D eigenvalue weighted by Gasteiger charge is -2.25. The molecular weight excluding hydrogens is 310 g/mol. The number of aryl methyl sites for hydroxylation is 1. The van der Waals surface area contributed by atoms with Gasteiger partial charge < -0.3 is 10.4 Å². The third-order valence-corrected chi connectivity index (χ3v) is 4.71. The van der Waals surface area contributed by atoms with Gasteiger partial charge in [-0.3, -0.25) is 4.79 Å². The number of hydrogen-bond acceptors (Lipinski definition) is 2. The number of aliphatic hydroxyl groups is 1. The van der Waals surface area contributed by atoms with Crippen LogP contribution in [0.15, 0.2) is 18.2 Å². The van der Waals surface area contributed by atoms with Crippen LogP contribution in [0.25, 0.3) is 0 Å². The molecule has 1 aromatic rings. The number of carbonyl (C=O) groups is 1. The molecule has 0 spiro atoms. The molecule has 0 saturated heterocycles. The number of aliphatic hydroxyl groups excluding tert-OH is 1. The zero-order valence-electron chi connectivity index (χ0n) is 14.8. The average Bonchev–Trinajstić information content (AvgIpc) is 2.49. The highest BCUT2D eigenvalue weighted by molar-refractivity contribution is 6.31. The van der Waals surface area contributed by atoms with Crippen molar-refractivity contribution in [2.75, 3.05) is 6.54 Å². The molecule has 3 nitrogen and oxygen atoms in total. The molecule has 4 heteroatoms. The predicted molar refractivity (Wildman–Crippen MR) is 97.0 cm³/mol. The Balaban J connectivity index is 0.000000313. The van der Waals surface area contributed by atoms with Crippen molar-refractivity contribution in [3.05, 3.63) is 34.3 Å². The minimum absolute atomic E-state index is 0.00807. The third kappa shape index (κ3) is 7.36.